The minimum absolute atomic E-state index is 0.833. The summed E-state index contributed by atoms with van der Waals surface area (Å²) in [5, 5.41) is 2.77. The highest BCUT2D eigenvalue weighted by Crippen LogP contribution is 2.25. The smallest absolute Gasteiger partial charge is 0.126 e. The van der Waals surface area contributed by atoms with Gasteiger partial charge in [0.2, 0.25) is 0 Å². The molecule has 0 aromatic rings. The first-order chi connectivity index (χ1) is 5.70. The number of nitrogens with zero attached hydrogens (tertiary/aromatic N) is 1. The Hall–Kier alpha value is -0.630. The summed E-state index contributed by atoms with van der Waals surface area (Å²) < 4.78 is 0. The lowest BCUT2D eigenvalue weighted by molar-refractivity contribution is 0.312. The van der Waals surface area contributed by atoms with Crippen molar-refractivity contribution in [2.75, 3.05) is 6.54 Å². The monoisotopic (exact) mass is 186 g/mol. The predicted octanol–water partition coefficient (Wildman–Crippen LogP) is 2.59. The fourth-order valence-electron chi connectivity index (χ4n) is 1.30. The lowest BCUT2D eigenvalue weighted by atomic mass is 10.1. The maximum atomic E-state index is 6.15. The highest BCUT2D eigenvalue weighted by atomic mass is 35.5. The third kappa shape index (κ3) is 1.58. The second-order valence-electron chi connectivity index (χ2n) is 2.82. The Morgan fingerprint density at radius 3 is 2.67 bits per heavy atom. The van der Waals surface area contributed by atoms with Gasteiger partial charge in [0.05, 0.1) is 0 Å². The third-order valence-corrected chi connectivity index (χ3v) is 2.50. The Kier molecular flexibility index (Phi) is 3.04. The molecule has 0 amide bonds. The van der Waals surface area contributed by atoms with E-state index in [4.69, 9.17) is 11.6 Å². The Morgan fingerprint density at radius 2 is 2.17 bits per heavy atom. The average Bonchev–Trinajstić information content (AvgIpc) is 2.06. The topological polar surface area (TPSA) is 15.3 Å². The van der Waals surface area contributed by atoms with Crippen LogP contribution in [0.25, 0.3) is 0 Å². The molecule has 12 heavy (non-hydrogen) atoms. The van der Waals surface area contributed by atoms with Crippen LogP contribution in [0.2, 0.25) is 0 Å². The summed E-state index contributed by atoms with van der Waals surface area (Å²) in [6.07, 6.45) is 2.98. The summed E-state index contributed by atoms with van der Waals surface area (Å²) in [6, 6.07) is 0. The number of hydrogen-bond acceptors (Lipinski definition) is 2. The number of rotatable bonds is 2. The summed E-state index contributed by atoms with van der Waals surface area (Å²) in [6.45, 7) is 7.14. The van der Waals surface area contributed by atoms with Gasteiger partial charge >= 0.3 is 0 Å². The van der Waals surface area contributed by atoms with Gasteiger partial charge in [0.1, 0.15) is 5.16 Å². The van der Waals surface area contributed by atoms with E-state index in [1.807, 2.05) is 11.2 Å². The molecule has 0 radical (unpaired) electrons. The van der Waals surface area contributed by atoms with Gasteiger partial charge in [0, 0.05) is 12.7 Å². The molecule has 0 unspecified atom stereocenters. The minimum Gasteiger partial charge on any atom is -0.305 e. The summed E-state index contributed by atoms with van der Waals surface area (Å²) in [4.78, 5) is 0. The van der Waals surface area contributed by atoms with Crippen LogP contribution in [0.15, 0.2) is 22.5 Å². The second kappa shape index (κ2) is 3.85. The van der Waals surface area contributed by atoms with Gasteiger partial charge in [-0.15, -0.1) is 0 Å². The van der Waals surface area contributed by atoms with Gasteiger partial charge in [-0.3, -0.25) is 5.01 Å². The Balaban J connectivity index is 2.92. The van der Waals surface area contributed by atoms with Crippen LogP contribution in [-0.4, -0.2) is 11.6 Å². The molecule has 0 aliphatic carbocycles. The first-order valence-corrected chi connectivity index (χ1v) is 4.68. The second-order valence-corrected chi connectivity index (χ2v) is 3.18. The molecule has 0 aromatic heterocycles. The molecule has 0 bridgehead atoms. The van der Waals surface area contributed by atoms with E-state index in [1.54, 1.807) is 0 Å². The lowest BCUT2D eigenvalue weighted by Gasteiger charge is -2.28. The number of halogens is 1. The van der Waals surface area contributed by atoms with E-state index in [0.29, 0.717) is 0 Å². The first kappa shape index (κ1) is 9.46. The molecule has 0 fully saturated rings. The zero-order valence-corrected chi connectivity index (χ0v) is 8.57. The molecule has 1 rings (SSSR count). The van der Waals surface area contributed by atoms with E-state index in [0.717, 1.165) is 18.1 Å². The fraction of sp³-hybridized carbons (Fsp3) is 0.556. The number of hydrogen-bond donors (Lipinski definition) is 1. The average molecular weight is 187 g/mol. The van der Waals surface area contributed by atoms with E-state index >= 15 is 0 Å². The van der Waals surface area contributed by atoms with Crippen LogP contribution in [0.3, 0.4) is 0 Å². The van der Waals surface area contributed by atoms with Crippen LogP contribution in [0.4, 0.5) is 0 Å². The van der Waals surface area contributed by atoms with Crippen molar-refractivity contribution < 1.29 is 0 Å². The highest BCUT2D eigenvalue weighted by molar-refractivity contribution is 6.29. The normalized spacial score (nSPS) is 17.7. The van der Waals surface area contributed by atoms with Crippen LogP contribution in [0.1, 0.15) is 27.2 Å². The summed E-state index contributed by atoms with van der Waals surface area (Å²) >= 11 is 6.15. The molecule has 1 heterocycles. The van der Waals surface area contributed by atoms with Crippen molar-refractivity contribution in [1.82, 2.24) is 10.4 Å². The molecule has 68 valence electrons. The Bertz CT molecular complexity index is 231. The minimum atomic E-state index is 0.833. The van der Waals surface area contributed by atoms with Gasteiger partial charge in [-0.2, -0.15) is 0 Å². The standard InChI is InChI=1S/C9H15ClN2/c1-4-8-7(3)6-11-12(5-2)9(8)10/h6,11H,4-5H2,1-3H3. The maximum Gasteiger partial charge on any atom is 0.126 e. The largest absolute Gasteiger partial charge is 0.305 e. The third-order valence-electron chi connectivity index (χ3n) is 2.07. The van der Waals surface area contributed by atoms with Crippen molar-refractivity contribution in [2.45, 2.75) is 27.2 Å². The van der Waals surface area contributed by atoms with Gasteiger partial charge in [-0.25, -0.2) is 0 Å². The van der Waals surface area contributed by atoms with E-state index in [1.165, 1.54) is 11.1 Å². The molecule has 0 atom stereocenters. The SMILES string of the molecule is CCC1=C(Cl)N(CC)NC=C1C. The van der Waals surface area contributed by atoms with Crippen LogP contribution >= 0.6 is 11.6 Å². The number of nitrogens with one attached hydrogen (secondary N) is 1. The molecule has 1 aliphatic rings. The van der Waals surface area contributed by atoms with Crippen LogP contribution in [0, 0.1) is 0 Å². The van der Waals surface area contributed by atoms with Gasteiger partial charge in [0.25, 0.3) is 0 Å². The van der Waals surface area contributed by atoms with E-state index in [-0.39, 0.29) is 0 Å². The maximum absolute atomic E-state index is 6.15. The molecule has 0 saturated heterocycles. The molecule has 0 saturated carbocycles. The van der Waals surface area contributed by atoms with Crippen molar-refractivity contribution in [3.05, 3.63) is 22.5 Å². The van der Waals surface area contributed by atoms with Crippen LogP contribution < -0.4 is 5.43 Å². The summed E-state index contributed by atoms with van der Waals surface area (Å²) in [7, 11) is 0. The quantitative estimate of drug-likeness (QED) is 0.667. The van der Waals surface area contributed by atoms with Crippen molar-refractivity contribution >= 4 is 11.6 Å². The van der Waals surface area contributed by atoms with E-state index < -0.39 is 0 Å². The zero-order valence-electron chi connectivity index (χ0n) is 7.82. The van der Waals surface area contributed by atoms with Crippen LogP contribution in [0.5, 0.6) is 0 Å². The van der Waals surface area contributed by atoms with Gasteiger partial charge < -0.3 is 5.43 Å². The molecular weight excluding hydrogens is 172 g/mol. The Morgan fingerprint density at radius 1 is 1.50 bits per heavy atom. The Labute approximate surface area is 78.9 Å². The number of hydrazine groups is 1. The van der Waals surface area contributed by atoms with Gasteiger partial charge in [-0.05, 0) is 31.4 Å². The predicted molar refractivity (Wildman–Crippen MR) is 52.4 cm³/mol. The molecule has 3 heteroatoms. The first-order valence-electron chi connectivity index (χ1n) is 4.30. The van der Waals surface area contributed by atoms with Gasteiger partial charge in [0.15, 0.2) is 0 Å². The number of allylic oxidation sites excluding steroid dienone is 2. The molecular formula is C9H15ClN2. The van der Waals surface area contributed by atoms with Crippen LogP contribution in [-0.2, 0) is 0 Å². The van der Waals surface area contributed by atoms with E-state index in [2.05, 4.69) is 26.2 Å². The zero-order chi connectivity index (χ0) is 9.14. The molecule has 2 nitrogen and oxygen atoms in total. The van der Waals surface area contributed by atoms with Crippen molar-refractivity contribution in [1.29, 1.82) is 0 Å². The summed E-state index contributed by atoms with van der Waals surface area (Å²) in [5.74, 6) is 0. The van der Waals surface area contributed by atoms with Gasteiger partial charge in [-0.1, -0.05) is 18.5 Å². The fourth-order valence-corrected chi connectivity index (χ4v) is 1.75. The van der Waals surface area contributed by atoms with Crippen molar-refractivity contribution in [2.24, 2.45) is 0 Å². The molecule has 1 aliphatic heterocycles. The molecule has 0 aromatic carbocycles. The lowest BCUT2D eigenvalue weighted by Crippen LogP contribution is -2.35. The molecule has 0 spiro atoms. The summed E-state index contributed by atoms with van der Waals surface area (Å²) in [5.41, 5.74) is 5.58. The van der Waals surface area contributed by atoms with Crippen molar-refractivity contribution in [3.63, 3.8) is 0 Å². The van der Waals surface area contributed by atoms with E-state index in [9.17, 15) is 0 Å². The molecule has 1 N–H and O–H groups in total. The highest BCUT2D eigenvalue weighted by Gasteiger charge is 2.14. The van der Waals surface area contributed by atoms with Crippen molar-refractivity contribution in [3.8, 4) is 0 Å².